The van der Waals surface area contributed by atoms with Gasteiger partial charge in [-0.1, -0.05) is 68.0 Å². The van der Waals surface area contributed by atoms with Crippen molar-refractivity contribution < 1.29 is 5.11 Å². The maximum atomic E-state index is 10.3. The molecule has 0 bridgehead atoms. The Labute approximate surface area is 111 Å². The van der Waals surface area contributed by atoms with Crippen molar-refractivity contribution in [3.8, 4) is 0 Å². The zero-order valence-electron chi connectivity index (χ0n) is 11.8. The lowest BCUT2D eigenvalue weighted by atomic mass is 9.87. The van der Waals surface area contributed by atoms with Gasteiger partial charge in [0.25, 0.3) is 0 Å². The molecule has 0 aliphatic heterocycles. The van der Waals surface area contributed by atoms with Crippen LogP contribution in [0.2, 0.25) is 0 Å². The van der Waals surface area contributed by atoms with E-state index in [9.17, 15) is 5.11 Å². The quantitative estimate of drug-likeness (QED) is 0.755. The van der Waals surface area contributed by atoms with Crippen molar-refractivity contribution in [2.45, 2.75) is 33.8 Å². The van der Waals surface area contributed by atoms with E-state index >= 15 is 0 Å². The van der Waals surface area contributed by atoms with Crippen molar-refractivity contribution in [3.05, 3.63) is 59.7 Å². The fraction of sp³-hybridized carbons (Fsp3) is 0.412. The second-order valence-corrected chi connectivity index (χ2v) is 5.20. The summed E-state index contributed by atoms with van der Waals surface area (Å²) in [6, 6.07) is 9.87. The minimum Gasteiger partial charge on any atom is -0.388 e. The minimum absolute atomic E-state index is 0.203. The van der Waals surface area contributed by atoms with Crippen molar-refractivity contribution >= 4 is 0 Å². The zero-order valence-corrected chi connectivity index (χ0v) is 11.8. The molecule has 0 aliphatic rings. The lowest BCUT2D eigenvalue weighted by molar-refractivity contribution is 0.0987. The van der Waals surface area contributed by atoms with Gasteiger partial charge in [0, 0.05) is 0 Å². The molecule has 18 heavy (non-hydrogen) atoms. The number of aliphatic hydroxyl groups is 1. The summed E-state index contributed by atoms with van der Waals surface area (Å²) < 4.78 is 0. The van der Waals surface area contributed by atoms with Crippen molar-refractivity contribution in [1.29, 1.82) is 0 Å². The van der Waals surface area contributed by atoms with Crippen molar-refractivity contribution in [1.82, 2.24) is 0 Å². The summed E-state index contributed by atoms with van der Waals surface area (Å²) in [5.74, 6) is 0.546. The van der Waals surface area contributed by atoms with Gasteiger partial charge in [-0.25, -0.2) is 0 Å². The molecule has 0 aromatic heterocycles. The first-order valence-electron chi connectivity index (χ1n) is 6.57. The minimum atomic E-state index is -0.405. The predicted octanol–water partition coefficient (Wildman–Crippen LogP) is 4.51. The van der Waals surface area contributed by atoms with Gasteiger partial charge in [-0.05, 0) is 31.2 Å². The smallest absolute Gasteiger partial charge is 0.0821 e. The van der Waals surface area contributed by atoms with Gasteiger partial charge < -0.3 is 5.11 Å². The third-order valence-corrected chi connectivity index (χ3v) is 3.31. The van der Waals surface area contributed by atoms with Crippen LogP contribution in [0.25, 0.3) is 0 Å². The van der Waals surface area contributed by atoms with Crippen LogP contribution in [-0.2, 0) is 0 Å². The Morgan fingerprint density at radius 2 is 1.72 bits per heavy atom. The van der Waals surface area contributed by atoms with Crippen LogP contribution in [0.15, 0.2) is 54.1 Å². The Morgan fingerprint density at radius 1 is 1.11 bits per heavy atom. The summed E-state index contributed by atoms with van der Waals surface area (Å²) in [5, 5.41) is 10.3. The van der Waals surface area contributed by atoms with Gasteiger partial charge in [-0.3, -0.25) is 0 Å². The number of benzene rings is 1. The first kappa shape index (κ1) is 14.7. The molecule has 0 heterocycles. The lowest BCUT2D eigenvalue weighted by Crippen LogP contribution is -2.15. The van der Waals surface area contributed by atoms with Crippen LogP contribution in [0.3, 0.4) is 0 Å². The zero-order chi connectivity index (χ0) is 13.5. The van der Waals surface area contributed by atoms with Gasteiger partial charge >= 0.3 is 0 Å². The van der Waals surface area contributed by atoms with E-state index in [0.717, 1.165) is 5.56 Å². The average Bonchev–Trinajstić information content (AvgIpc) is 2.37. The molecule has 1 N–H and O–H groups in total. The van der Waals surface area contributed by atoms with Crippen LogP contribution < -0.4 is 0 Å². The highest BCUT2D eigenvalue weighted by molar-refractivity contribution is 5.18. The molecule has 0 aliphatic carbocycles. The van der Waals surface area contributed by atoms with Gasteiger partial charge in [0.2, 0.25) is 0 Å². The van der Waals surface area contributed by atoms with Gasteiger partial charge in [-0.2, -0.15) is 0 Å². The third kappa shape index (κ3) is 4.50. The molecule has 0 fully saturated rings. The Hall–Kier alpha value is -1.34. The Bertz CT molecular complexity index is 399. The molecule has 1 heteroatoms. The van der Waals surface area contributed by atoms with Crippen molar-refractivity contribution in [2.24, 2.45) is 11.8 Å². The van der Waals surface area contributed by atoms with E-state index in [0.29, 0.717) is 5.92 Å². The second kappa shape index (κ2) is 7.17. The molecular weight excluding hydrogens is 220 g/mol. The monoisotopic (exact) mass is 244 g/mol. The van der Waals surface area contributed by atoms with E-state index in [2.05, 4.69) is 45.9 Å². The molecule has 1 aromatic carbocycles. The van der Waals surface area contributed by atoms with Gasteiger partial charge in [-0.15, -0.1) is 0 Å². The molecule has 3 atom stereocenters. The molecule has 1 nitrogen and oxygen atoms in total. The fourth-order valence-corrected chi connectivity index (χ4v) is 1.84. The Morgan fingerprint density at radius 3 is 2.28 bits per heavy atom. The van der Waals surface area contributed by atoms with Crippen LogP contribution in [0, 0.1) is 11.8 Å². The van der Waals surface area contributed by atoms with E-state index in [1.165, 1.54) is 5.57 Å². The van der Waals surface area contributed by atoms with Gasteiger partial charge in [0.05, 0.1) is 6.10 Å². The topological polar surface area (TPSA) is 20.2 Å². The van der Waals surface area contributed by atoms with Crippen molar-refractivity contribution in [3.63, 3.8) is 0 Å². The van der Waals surface area contributed by atoms with E-state index in [4.69, 9.17) is 0 Å². The largest absolute Gasteiger partial charge is 0.388 e. The number of aliphatic hydroxyl groups excluding tert-OH is 1. The number of hydrogen-bond acceptors (Lipinski definition) is 1. The molecule has 0 unspecified atom stereocenters. The summed E-state index contributed by atoms with van der Waals surface area (Å²) in [6.45, 7) is 8.40. The first-order chi connectivity index (χ1) is 8.52. The van der Waals surface area contributed by atoms with E-state index in [-0.39, 0.29) is 5.92 Å². The summed E-state index contributed by atoms with van der Waals surface area (Å²) in [6.07, 6.45) is 5.92. The van der Waals surface area contributed by atoms with Crippen LogP contribution in [-0.4, -0.2) is 5.11 Å². The summed E-state index contributed by atoms with van der Waals surface area (Å²) >= 11 is 0. The Kier molecular flexibility index (Phi) is 5.87. The predicted molar refractivity (Wildman–Crippen MR) is 78.3 cm³/mol. The Balaban J connectivity index is 2.66. The number of allylic oxidation sites excluding steroid dienone is 4. The van der Waals surface area contributed by atoms with E-state index in [1.807, 2.05) is 30.3 Å². The molecule has 1 aromatic rings. The maximum absolute atomic E-state index is 10.3. The summed E-state index contributed by atoms with van der Waals surface area (Å²) in [4.78, 5) is 0. The molecule has 1 rings (SSSR count). The molecular formula is C17H24O. The first-order valence-corrected chi connectivity index (χ1v) is 6.57. The summed E-state index contributed by atoms with van der Waals surface area (Å²) in [7, 11) is 0. The molecule has 0 spiro atoms. The maximum Gasteiger partial charge on any atom is 0.0821 e. The van der Waals surface area contributed by atoms with Gasteiger partial charge in [0.15, 0.2) is 0 Å². The molecule has 98 valence electrons. The van der Waals surface area contributed by atoms with E-state index < -0.39 is 6.10 Å². The van der Waals surface area contributed by atoms with Crippen molar-refractivity contribution in [2.75, 3.05) is 0 Å². The SMILES string of the molecule is CC(C)=C/C=C/[C@H](C)[C@H](C)[C@@H](O)c1ccccc1. The molecule has 0 saturated carbocycles. The highest BCUT2D eigenvalue weighted by Gasteiger charge is 2.20. The molecule has 0 radical (unpaired) electrons. The second-order valence-electron chi connectivity index (χ2n) is 5.20. The van der Waals surface area contributed by atoms with Crippen LogP contribution in [0.5, 0.6) is 0 Å². The highest BCUT2D eigenvalue weighted by Crippen LogP contribution is 2.28. The van der Waals surface area contributed by atoms with Crippen LogP contribution in [0.1, 0.15) is 39.4 Å². The summed E-state index contributed by atoms with van der Waals surface area (Å²) in [5.41, 5.74) is 2.28. The lowest BCUT2D eigenvalue weighted by Gasteiger charge is -2.23. The average molecular weight is 244 g/mol. The van der Waals surface area contributed by atoms with Gasteiger partial charge in [0.1, 0.15) is 0 Å². The van der Waals surface area contributed by atoms with Crippen LogP contribution in [0.4, 0.5) is 0 Å². The highest BCUT2D eigenvalue weighted by atomic mass is 16.3. The number of hydrogen-bond donors (Lipinski definition) is 1. The fourth-order valence-electron chi connectivity index (χ4n) is 1.84. The molecule has 0 saturated heterocycles. The standard InChI is InChI=1S/C17H24O/c1-13(2)9-8-10-14(3)15(4)17(18)16-11-6-5-7-12-16/h5-12,14-15,17-18H,1-4H3/b10-8+/t14-,15-,17+/m0/s1. The number of rotatable bonds is 5. The van der Waals surface area contributed by atoms with E-state index in [1.54, 1.807) is 0 Å². The normalized spacial score (nSPS) is 16.3. The van der Waals surface area contributed by atoms with Crippen LogP contribution >= 0.6 is 0 Å². The molecule has 0 amide bonds. The third-order valence-electron chi connectivity index (χ3n) is 3.31.